The minimum Gasteiger partial charge on any atom is -0.409 e. The highest BCUT2D eigenvalue weighted by atomic mass is 19.4. The number of hydrogen-bond acceptors (Lipinski definition) is 5. The van der Waals surface area contributed by atoms with E-state index in [2.05, 4.69) is 15.8 Å². The Bertz CT molecular complexity index is 323. The topological polar surface area (TPSA) is 109 Å². The molecule has 0 bridgehead atoms. The maximum Gasteiger partial charge on any atom is 0.400 e. The highest BCUT2D eigenvalue weighted by molar-refractivity contribution is 5.83. The maximum absolute atomic E-state index is 12.5. The van der Waals surface area contributed by atoms with Gasteiger partial charge in [-0.1, -0.05) is 5.16 Å². The number of amides is 1. The Morgan fingerprint density at radius 1 is 1.45 bits per heavy atom. The Hall–Kier alpha value is -1.55. The Balaban J connectivity index is 3.99. The van der Waals surface area contributed by atoms with Crippen LogP contribution in [0, 0.1) is 5.92 Å². The Labute approximate surface area is 114 Å². The van der Waals surface area contributed by atoms with Gasteiger partial charge in [-0.15, -0.1) is 0 Å². The number of amidine groups is 1. The zero-order valence-corrected chi connectivity index (χ0v) is 11.0. The number of hydrogen-bond donors (Lipinski definition) is 4. The summed E-state index contributed by atoms with van der Waals surface area (Å²) >= 11 is 0. The number of nitrogens with zero attached hydrogens (tertiary/aromatic N) is 1. The smallest absolute Gasteiger partial charge is 0.400 e. The molecule has 0 aliphatic rings. The van der Waals surface area contributed by atoms with E-state index in [1.165, 1.54) is 7.11 Å². The van der Waals surface area contributed by atoms with Crippen molar-refractivity contribution in [3.63, 3.8) is 0 Å². The highest BCUT2D eigenvalue weighted by Gasteiger charge is 2.42. The van der Waals surface area contributed by atoms with Crippen molar-refractivity contribution in [2.24, 2.45) is 16.8 Å². The van der Waals surface area contributed by atoms with Gasteiger partial charge >= 0.3 is 6.18 Å². The van der Waals surface area contributed by atoms with Crippen LogP contribution < -0.4 is 16.4 Å². The first-order chi connectivity index (χ1) is 9.32. The van der Waals surface area contributed by atoms with E-state index in [0.717, 1.165) is 0 Å². The highest BCUT2D eigenvalue weighted by Crippen LogP contribution is 2.25. The van der Waals surface area contributed by atoms with Gasteiger partial charge in [-0.3, -0.25) is 4.79 Å². The predicted octanol–water partition coefficient (Wildman–Crippen LogP) is -0.346. The molecule has 20 heavy (non-hydrogen) atoms. The van der Waals surface area contributed by atoms with E-state index in [1.807, 2.05) is 0 Å². The van der Waals surface area contributed by atoms with Crippen LogP contribution in [0.1, 0.15) is 6.42 Å². The second-order valence-electron chi connectivity index (χ2n) is 3.92. The number of nitrogens with two attached hydrogens (primary N) is 1. The zero-order valence-electron chi connectivity index (χ0n) is 11.0. The van der Waals surface area contributed by atoms with Gasteiger partial charge in [0.1, 0.15) is 5.92 Å². The summed E-state index contributed by atoms with van der Waals surface area (Å²) in [5.74, 6) is -3.32. The van der Waals surface area contributed by atoms with Crippen molar-refractivity contribution in [2.75, 3.05) is 33.4 Å². The third kappa shape index (κ3) is 7.79. The van der Waals surface area contributed by atoms with Crippen LogP contribution in [-0.4, -0.2) is 56.5 Å². The number of carbonyl (C=O) groups is 1. The molecule has 1 unspecified atom stereocenters. The van der Waals surface area contributed by atoms with E-state index in [-0.39, 0.29) is 18.9 Å². The maximum atomic E-state index is 12.5. The van der Waals surface area contributed by atoms with Crippen molar-refractivity contribution < 1.29 is 27.9 Å². The van der Waals surface area contributed by atoms with E-state index in [0.29, 0.717) is 13.2 Å². The lowest BCUT2D eigenvalue weighted by Gasteiger charge is -2.19. The first-order valence-corrected chi connectivity index (χ1v) is 5.83. The van der Waals surface area contributed by atoms with Gasteiger partial charge in [-0.05, 0) is 0 Å². The zero-order chi connectivity index (χ0) is 15.6. The average Bonchev–Trinajstić information content (AvgIpc) is 2.36. The Morgan fingerprint density at radius 3 is 2.60 bits per heavy atom. The molecule has 0 aromatic carbocycles. The SMILES string of the molecule is COCCNC(=O)CCNCC(C(N)=NO)C(F)(F)F. The number of ether oxygens (including phenoxy) is 1. The van der Waals surface area contributed by atoms with Crippen LogP contribution in [0.15, 0.2) is 5.16 Å². The first kappa shape index (κ1) is 18.4. The van der Waals surface area contributed by atoms with E-state index in [1.54, 1.807) is 0 Å². The summed E-state index contributed by atoms with van der Waals surface area (Å²) < 4.78 is 42.4. The average molecular weight is 300 g/mol. The van der Waals surface area contributed by atoms with Gasteiger partial charge in [0.15, 0.2) is 5.84 Å². The molecule has 0 aliphatic heterocycles. The summed E-state index contributed by atoms with van der Waals surface area (Å²) in [6.07, 6.45) is -4.60. The molecule has 0 saturated carbocycles. The lowest BCUT2D eigenvalue weighted by atomic mass is 10.1. The molecular weight excluding hydrogens is 281 g/mol. The quantitative estimate of drug-likeness (QED) is 0.153. The van der Waals surface area contributed by atoms with Crippen molar-refractivity contribution in [1.82, 2.24) is 10.6 Å². The molecule has 0 saturated heterocycles. The van der Waals surface area contributed by atoms with Gasteiger partial charge in [0.25, 0.3) is 0 Å². The summed E-state index contributed by atoms with van der Waals surface area (Å²) in [7, 11) is 1.48. The number of carbonyl (C=O) groups excluding carboxylic acids is 1. The number of nitrogens with one attached hydrogen (secondary N) is 2. The number of methoxy groups -OCH3 is 1. The summed E-state index contributed by atoms with van der Waals surface area (Å²) in [5, 5.41) is 15.6. The second kappa shape index (κ2) is 9.37. The standard InChI is InChI=1S/C10H19F3N4O3/c1-20-5-4-16-8(18)2-3-15-6-7(9(14)17-19)10(11,12)13/h7,15,19H,2-6H2,1H3,(H2,14,17)(H,16,18). The third-order valence-corrected chi connectivity index (χ3v) is 2.37. The van der Waals surface area contributed by atoms with Crippen LogP contribution in [0.2, 0.25) is 0 Å². The number of oxime groups is 1. The van der Waals surface area contributed by atoms with E-state index < -0.39 is 24.5 Å². The van der Waals surface area contributed by atoms with Gasteiger partial charge < -0.3 is 26.3 Å². The van der Waals surface area contributed by atoms with Crippen molar-refractivity contribution >= 4 is 11.7 Å². The van der Waals surface area contributed by atoms with E-state index in [4.69, 9.17) is 15.7 Å². The molecule has 1 atom stereocenters. The molecule has 0 aromatic heterocycles. The second-order valence-corrected chi connectivity index (χ2v) is 3.92. The van der Waals surface area contributed by atoms with Crippen LogP contribution >= 0.6 is 0 Å². The van der Waals surface area contributed by atoms with Crippen LogP contribution in [0.25, 0.3) is 0 Å². The molecule has 0 heterocycles. The number of rotatable bonds is 9. The first-order valence-electron chi connectivity index (χ1n) is 5.83. The number of halogens is 3. The summed E-state index contributed by atoms with van der Waals surface area (Å²) in [6, 6.07) is 0. The molecule has 0 fully saturated rings. The molecule has 0 spiro atoms. The fraction of sp³-hybridized carbons (Fsp3) is 0.800. The fourth-order valence-corrected chi connectivity index (χ4v) is 1.29. The molecule has 5 N–H and O–H groups in total. The molecule has 10 heteroatoms. The monoisotopic (exact) mass is 300 g/mol. The van der Waals surface area contributed by atoms with Crippen molar-refractivity contribution in [3.05, 3.63) is 0 Å². The normalized spacial score (nSPS) is 14.1. The Kier molecular flexibility index (Phi) is 8.64. The van der Waals surface area contributed by atoms with Gasteiger partial charge in [0, 0.05) is 33.2 Å². The van der Waals surface area contributed by atoms with Gasteiger partial charge in [0.05, 0.1) is 6.61 Å². The van der Waals surface area contributed by atoms with Gasteiger partial charge in [-0.2, -0.15) is 13.2 Å². The third-order valence-electron chi connectivity index (χ3n) is 2.37. The van der Waals surface area contributed by atoms with Crippen LogP contribution in [0.4, 0.5) is 13.2 Å². The fourth-order valence-electron chi connectivity index (χ4n) is 1.29. The molecule has 1 amide bonds. The minimum atomic E-state index is -4.62. The van der Waals surface area contributed by atoms with E-state index in [9.17, 15) is 18.0 Å². The molecule has 0 rings (SSSR count). The largest absolute Gasteiger partial charge is 0.409 e. The molecule has 0 radical (unpaired) electrons. The molecular formula is C10H19F3N4O3. The van der Waals surface area contributed by atoms with Gasteiger partial charge in [-0.25, -0.2) is 0 Å². The molecule has 0 aliphatic carbocycles. The van der Waals surface area contributed by atoms with Crippen LogP contribution in [0.5, 0.6) is 0 Å². The van der Waals surface area contributed by atoms with Crippen molar-refractivity contribution in [2.45, 2.75) is 12.6 Å². The lowest BCUT2D eigenvalue weighted by molar-refractivity contribution is -0.154. The lowest BCUT2D eigenvalue weighted by Crippen LogP contribution is -2.43. The number of alkyl halides is 3. The molecule has 0 aromatic rings. The van der Waals surface area contributed by atoms with Gasteiger partial charge in [0.2, 0.25) is 5.91 Å². The van der Waals surface area contributed by atoms with Crippen LogP contribution in [0.3, 0.4) is 0 Å². The minimum absolute atomic E-state index is 0.0183. The molecule has 118 valence electrons. The van der Waals surface area contributed by atoms with Crippen molar-refractivity contribution in [3.8, 4) is 0 Å². The van der Waals surface area contributed by atoms with Crippen LogP contribution in [-0.2, 0) is 9.53 Å². The van der Waals surface area contributed by atoms with Crippen molar-refractivity contribution in [1.29, 1.82) is 0 Å². The Morgan fingerprint density at radius 2 is 2.10 bits per heavy atom. The van der Waals surface area contributed by atoms with E-state index >= 15 is 0 Å². The molecule has 7 nitrogen and oxygen atoms in total. The summed E-state index contributed by atoms with van der Waals surface area (Å²) in [6.45, 7) is 0.179. The predicted molar refractivity (Wildman–Crippen MR) is 65.3 cm³/mol. The summed E-state index contributed by atoms with van der Waals surface area (Å²) in [5.41, 5.74) is 4.97. The summed E-state index contributed by atoms with van der Waals surface area (Å²) in [4.78, 5) is 11.2.